The van der Waals surface area contributed by atoms with Crippen LogP contribution in [0.2, 0.25) is 0 Å². The second-order valence-electron chi connectivity index (χ2n) is 11.0. The van der Waals surface area contributed by atoms with Gasteiger partial charge in [-0.05, 0) is 76.7 Å². The van der Waals surface area contributed by atoms with Gasteiger partial charge in [-0.1, -0.05) is 131 Å². The maximum atomic E-state index is 12.5. The Hall–Kier alpha value is -3.67. The third kappa shape index (κ3) is 33.2. The Bertz CT molecular complexity index is 1010. The van der Waals surface area contributed by atoms with Crippen LogP contribution in [0.15, 0.2) is 97.2 Å². The zero-order valence-corrected chi connectivity index (χ0v) is 28.6. The lowest BCUT2D eigenvalue weighted by molar-refractivity contribution is -0.146. The molecule has 0 aromatic rings. The minimum atomic E-state index is -1.03. The van der Waals surface area contributed by atoms with E-state index in [-0.39, 0.29) is 30.9 Å². The molecular weight excluding hydrogens is 574 g/mol. The van der Waals surface area contributed by atoms with Crippen LogP contribution < -0.4 is 5.32 Å². The number of rotatable bonds is 29. The van der Waals surface area contributed by atoms with E-state index in [9.17, 15) is 14.4 Å². The van der Waals surface area contributed by atoms with Gasteiger partial charge in [-0.15, -0.1) is 0 Å². The number of carbonyl (C=O) groups excluding carboxylic acids is 2. The standard InChI is InChI=1S/C40H61NO5/c1-3-5-7-9-11-13-14-15-16-17-18-19-21-27-31-35-40(45)46-37(32-28-24-20-12-10-8-6-4-2)33-29-25-22-23-26-30-34-38(42)41-36-39(43)44/h5-8,11-13,15-16,18-20,27-28,31-32,37H,3-4,9-10,14,17,21-26,29-30,33-36H2,1-2H3,(H,41,42)(H,43,44)/b7-5-,8-6-,13-11-,16-15-,19-18-,20-12-,31-27-,32-28-. The first-order chi connectivity index (χ1) is 22.5. The van der Waals surface area contributed by atoms with Crippen molar-refractivity contribution in [3.63, 3.8) is 0 Å². The molecule has 0 bridgehead atoms. The lowest BCUT2D eigenvalue weighted by atomic mass is 10.1. The normalized spacial score (nSPS) is 13.3. The van der Waals surface area contributed by atoms with Crippen molar-refractivity contribution in [3.8, 4) is 0 Å². The zero-order chi connectivity index (χ0) is 33.8. The van der Waals surface area contributed by atoms with Crippen molar-refractivity contribution in [1.82, 2.24) is 5.32 Å². The summed E-state index contributed by atoms with van der Waals surface area (Å²) in [6, 6.07) is 0. The molecule has 0 heterocycles. The number of hydrogen-bond acceptors (Lipinski definition) is 4. The number of amides is 1. The molecule has 0 saturated carbocycles. The Morgan fingerprint density at radius 1 is 0.587 bits per heavy atom. The van der Waals surface area contributed by atoms with E-state index in [1.54, 1.807) is 0 Å². The van der Waals surface area contributed by atoms with Crippen LogP contribution in [-0.2, 0) is 19.1 Å². The Balaban J connectivity index is 4.42. The van der Waals surface area contributed by atoms with Crippen molar-refractivity contribution in [2.45, 2.75) is 129 Å². The van der Waals surface area contributed by atoms with Gasteiger partial charge < -0.3 is 15.2 Å². The minimum absolute atomic E-state index is 0.211. The van der Waals surface area contributed by atoms with Gasteiger partial charge in [0.25, 0.3) is 0 Å². The smallest absolute Gasteiger partial charge is 0.322 e. The number of carboxylic acids is 1. The van der Waals surface area contributed by atoms with E-state index in [2.05, 4.69) is 98.2 Å². The first kappa shape index (κ1) is 42.3. The minimum Gasteiger partial charge on any atom is -0.480 e. The molecule has 1 amide bonds. The molecule has 0 aliphatic heterocycles. The molecule has 0 fully saturated rings. The first-order valence-electron chi connectivity index (χ1n) is 17.4. The maximum absolute atomic E-state index is 12.5. The van der Waals surface area contributed by atoms with E-state index in [0.717, 1.165) is 96.3 Å². The number of ether oxygens (including phenoxy) is 1. The first-order valence-corrected chi connectivity index (χ1v) is 17.4. The summed E-state index contributed by atoms with van der Waals surface area (Å²) >= 11 is 0. The Kier molecular flexibility index (Phi) is 31.5. The number of esters is 1. The van der Waals surface area contributed by atoms with Gasteiger partial charge in [0.05, 0.1) is 6.42 Å². The molecular formula is C40H61NO5. The zero-order valence-electron chi connectivity index (χ0n) is 28.6. The highest BCUT2D eigenvalue weighted by Crippen LogP contribution is 2.13. The molecule has 6 nitrogen and oxygen atoms in total. The summed E-state index contributed by atoms with van der Waals surface area (Å²) < 4.78 is 5.81. The van der Waals surface area contributed by atoms with Crippen LogP contribution >= 0.6 is 0 Å². The van der Waals surface area contributed by atoms with Crippen LogP contribution in [0.25, 0.3) is 0 Å². The molecule has 1 atom stereocenters. The fraction of sp³-hybridized carbons (Fsp3) is 0.525. The predicted molar refractivity (Wildman–Crippen MR) is 193 cm³/mol. The number of allylic oxidation sites excluding steroid dienone is 14. The molecule has 0 aliphatic carbocycles. The molecule has 0 saturated heterocycles. The molecule has 0 radical (unpaired) electrons. The largest absolute Gasteiger partial charge is 0.480 e. The molecule has 0 aromatic heterocycles. The third-order valence-electron chi connectivity index (χ3n) is 6.77. The van der Waals surface area contributed by atoms with Gasteiger partial charge in [0.15, 0.2) is 0 Å². The van der Waals surface area contributed by atoms with Gasteiger partial charge in [0.2, 0.25) is 5.91 Å². The molecule has 2 N–H and O–H groups in total. The highest BCUT2D eigenvalue weighted by atomic mass is 16.5. The van der Waals surface area contributed by atoms with Crippen LogP contribution in [0.5, 0.6) is 0 Å². The predicted octanol–water partition coefficient (Wildman–Crippen LogP) is 10.2. The van der Waals surface area contributed by atoms with Crippen molar-refractivity contribution in [1.29, 1.82) is 0 Å². The van der Waals surface area contributed by atoms with Crippen molar-refractivity contribution in [3.05, 3.63) is 97.2 Å². The Morgan fingerprint density at radius 3 is 1.52 bits per heavy atom. The SMILES string of the molecule is CC/C=C\C/C=C\C/C=C\C/C=C\C/C=C\CC(=O)OC(/C=C\C/C=C\C/C=C\CC)CCCCCCCCC(=O)NCC(=O)O. The van der Waals surface area contributed by atoms with Crippen molar-refractivity contribution in [2.75, 3.05) is 6.54 Å². The van der Waals surface area contributed by atoms with Crippen molar-refractivity contribution in [2.24, 2.45) is 0 Å². The number of unbranched alkanes of at least 4 members (excludes halogenated alkanes) is 5. The second-order valence-corrected chi connectivity index (χ2v) is 11.0. The molecule has 1 unspecified atom stereocenters. The van der Waals surface area contributed by atoms with E-state index >= 15 is 0 Å². The number of aliphatic carboxylic acids is 1. The molecule has 256 valence electrons. The Labute approximate surface area is 279 Å². The van der Waals surface area contributed by atoms with E-state index in [1.165, 1.54) is 0 Å². The lowest BCUT2D eigenvalue weighted by Crippen LogP contribution is -2.28. The van der Waals surface area contributed by atoms with Gasteiger partial charge in [-0.25, -0.2) is 0 Å². The van der Waals surface area contributed by atoms with Gasteiger partial charge in [0.1, 0.15) is 12.6 Å². The molecule has 0 rings (SSSR count). The highest BCUT2D eigenvalue weighted by Gasteiger charge is 2.10. The monoisotopic (exact) mass is 635 g/mol. The fourth-order valence-electron chi connectivity index (χ4n) is 4.29. The molecule has 6 heteroatoms. The van der Waals surface area contributed by atoms with Gasteiger partial charge in [-0.2, -0.15) is 0 Å². The fourth-order valence-corrected chi connectivity index (χ4v) is 4.29. The summed E-state index contributed by atoms with van der Waals surface area (Å²) in [7, 11) is 0. The lowest BCUT2D eigenvalue weighted by Gasteiger charge is -2.14. The third-order valence-corrected chi connectivity index (χ3v) is 6.77. The maximum Gasteiger partial charge on any atom is 0.322 e. The van der Waals surface area contributed by atoms with Crippen molar-refractivity contribution < 1.29 is 24.2 Å². The second kappa shape index (κ2) is 34.2. The highest BCUT2D eigenvalue weighted by molar-refractivity contribution is 5.80. The van der Waals surface area contributed by atoms with Crippen LogP contribution in [0.1, 0.15) is 123 Å². The number of carboxylic acid groups (broad SMARTS) is 1. The molecule has 0 aromatic carbocycles. The van der Waals surface area contributed by atoms with Crippen LogP contribution in [0.3, 0.4) is 0 Å². The average molecular weight is 636 g/mol. The number of carbonyl (C=O) groups is 3. The van der Waals surface area contributed by atoms with Crippen molar-refractivity contribution >= 4 is 17.8 Å². The van der Waals surface area contributed by atoms with E-state index in [4.69, 9.17) is 9.84 Å². The summed E-state index contributed by atoms with van der Waals surface area (Å²) in [5.41, 5.74) is 0. The van der Waals surface area contributed by atoms with E-state index in [1.807, 2.05) is 18.2 Å². The molecule has 0 spiro atoms. The number of hydrogen-bond donors (Lipinski definition) is 2. The van der Waals surface area contributed by atoms with Gasteiger partial charge >= 0.3 is 11.9 Å². The summed E-state index contributed by atoms with van der Waals surface area (Å²) in [5, 5.41) is 11.0. The summed E-state index contributed by atoms with van der Waals surface area (Å²) in [4.78, 5) is 34.6. The van der Waals surface area contributed by atoms with Crippen LogP contribution in [-0.4, -0.2) is 35.6 Å². The average Bonchev–Trinajstić information content (AvgIpc) is 3.04. The number of nitrogens with one attached hydrogen (secondary N) is 1. The van der Waals surface area contributed by atoms with E-state index < -0.39 is 5.97 Å². The van der Waals surface area contributed by atoms with Gasteiger partial charge in [0, 0.05) is 6.42 Å². The summed E-state index contributed by atoms with van der Waals surface area (Å²) in [5.74, 6) is -1.45. The van der Waals surface area contributed by atoms with Crippen LogP contribution in [0.4, 0.5) is 0 Å². The molecule has 0 aliphatic rings. The quantitative estimate of drug-likeness (QED) is 0.0485. The van der Waals surface area contributed by atoms with Gasteiger partial charge in [-0.3, -0.25) is 14.4 Å². The summed E-state index contributed by atoms with van der Waals surface area (Å²) in [6.07, 6.45) is 48.4. The van der Waals surface area contributed by atoms with E-state index in [0.29, 0.717) is 6.42 Å². The summed E-state index contributed by atoms with van der Waals surface area (Å²) in [6.45, 7) is 3.94. The topological polar surface area (TPSA) is 92.7 Å². The van der Waals surface area contributed by atoms with Crippen LogP contribution in [0, 0.1) is 0 Å². The molecule has 46 heavy (non-hydrogen) atoms. The Morgan fingerprint density at radius 2 is 1.02 bits per heavy atom.